The number of hydrogen-bond acceptors (Lipinski definition) is 2. The fourth-order valence-corrected chi connectivity index (χ4v) is 3.05. The van der Waals surface area contributed by atoms with E-state index in [9.17, 15) is 0 Å². The molecular weight excluding hydrogens is 380 g/mol. The van der Waals surface area contributed by atoms with Crippen LogP contribution in [0.1, 0.15) is 5.56 Å². The number of rotatable bonds is 2. The van der Waals surface area contributed by atoms with Crippen LogP contribution >= 0.6 is 45.5 Å². The molecule has 0 radical (unpaired) electrons. The van der Waals surface area contributed by atoms with Crippen LogP contribution in [-0.4, -0.2) is 7.11 Å². The van der Waals surface area contributed by atoms with Crippen LogP contribution in [0.15, 0.2) is 12.1 Å². The molecule has 0 heterocycles. The smallest absolute Gasteiger partial charge is 0.120 e. The summed E-state index contributed by atoms with van der Waals surface area (Å²) in [6.45, 7) is 2.06. The summed E-state index contributed by atoms with van der Waals surface area (Å²) in [5, 5.41) is 0. The van der Waals surface area contributed by atoms with Crippen molar-refractivity contribution in [2.45, 2.75) is 6.92 Å². The highest BCUT2D eigenvalue weighted by molar-refractivity contribution is 14.1. The van der Waals surface area contributed by atoms with Crippen molar-refractivity contribution < 1.29 is 4.74 Å². The van der Waals surface area contributed by atoms with Gasteiger partial charge in [-0.25, -0.2) is 0 Å². The Labute approximate surface area is 99.7 Å². The first-order valence-electron chi connectivity index (χ1n) is 3.40. The van der Waals surface area contributed by atoms with Gasteiger partial charge in [0.1, 0.15) is 5.75 Å². The Kier molecular flexibility index (Phi) is 3.88. The normalized spacial score (nSPS) is 9.67. The van der Waals surface area contributed by atoms with Gasteiger partial charge >= 0.3 is 0 Å². The lowest BCUT2D eigenvalue weighted by atomic mass is 10.2. The Morgan fingerprint density at radius 3 is 2.50 bits per heavy atom. The molecule has 2 nitrogen and oxygen atoms in total. The van der Waals surface area contributed by atoms with Crippen LogP contribution in [0.2, 0.25) is 0 Å². The molecule has 66 valence electrons. The third-order valence-electron chi connectivity index (χ3n) is 1.59. The summed E-state index contributed by atoms with van der Waals surface area (Å²) in [4.78, 5) is 0. The minimum atomic E-state index is 0.910. The molecule has 1 rings (SSSR count). The maximum absolute atomic E-state index is 5.14. The molecule has 1 aromatic rings. The third kappa shape index (κ3) is 2.15. The fourth-order valence-electron chi connectivity index (χ4n) is 0.950. The van der Waals surface area contributed by atoms with Crippen molar-refractivity contribution in [1.29, 1.82) is 0 Å². The van der Waals surface area contributed by atoms with Gasteiger partial charge in [-0.2, -0.15) is 0 Å². The van der Waals surface area contributed by atoms with E-state index in [1.165, 1.54) is 9.13 Å². The number of nitrogens with one attached hydrogen (secondary N) is 1. The molecule has 0 saturated heterocycles. The zero-order valence-corrected chi connectivity index (χ0v) is 11.1. The second kappa shape index (κ2) is 4.50. The van der Waals surface area contributed by atoms with Crippen molar-refractivity contribution in [3.05, 3.63) is 21.3 Å². The molecule has 0 spiro atoms. The van der Waals surface area contributed by atoms with Crippen LogP contribution in [0.5, 0.6) is 5.75 Å². The Morgan fingerprint density at radius 2 is 2.08 bits per heavy atom. The molecule has 1 N–H and O–H groups in total. The minimum Gasteiger partial charge on any atom is -0.497 e. The maximum Gasteiger partial charge on any atom is 0.120 e. The van der Waals surface area contributed by atoms with Gasteiger partial charge < -0.3 is 8.27 Å². The lowest BCUT2D eigenvalue weighted by molar-refractivity contribution is 0.414. The van der Waals surface area contributed by atoms with Gasteiger partial charge in [0, 0.05) is 3.57 Å². The molecule has 4 heteroatoms. The molecule has 0 atom stereocenters. The van der Waals surface area contributed by atoms with E-state index >= 15 is 0 Å². The maximum atomic E-state index is 5.14. The van der Waals surface area contributed by atoms with Crippen LogP contribution in [0.4, 0.5) is 5.69 Å². The van der Waals surface area contributed by atoms with Crippen LogP contribution in [0.25, 0.3) is 0 Å². The van der Waals surface area contributed by atoms with E-state index in [4.69, 9.17) is 4.74 Å². The number of hydrogen-bond donors (Lipinski definition) is 1. The molecule has 12 heavy (non-hydrogen) atoms. The molecule has 0 aliphatic carbocycles. The molecule has 0 fully saturated rings. The molecular formula is C8H9I2NO. The summed E-state index contributed by atoms with van der Waals surface area (Å²) in [6.07, 6.45) is 0. The van der Waals surface area contributed by atoms with E-state index in [-0.39, 0.29) is 0 Å². The quantitative estimate of drug-likeness (QED) is 0.619. The number of anilines is 1. The summed E-state index contributed by atoms with van der Waals surface area (Å²) in [7, 11) is 1.68. The Morgan fingerprint density at radius 1 is 1.42 bits per heavy atom. The Balaban J connectivity index is 3.18. The van der Waals surface area contributed by atoms with Crippen molar-refractivity contribution in [3.63, 3.8) is 0 Å². The van der Waals surface area contributed by atoms with Crippen LogP contribution in [0.3, 0.4) is 0 Å². The second-order valence-corrected chi connectivity index (χ2v) is 4.10. The van der Waals surface area contributed by atoms with E-state index in [1.807, 2.05) is 12.1 Å². The van der Waals surface area contributed by atoms with Crippen molar-refractivity contribution in [2.24, 2.45) is 0 Å². The van der Waals surface area contributed by atoms with Gasteiger partial charge in [-0.1, -0.05) is 0 Å². The molecule has 0 aliphatic rings. The van der Waals surface area contributed by atoms with Crippen molar-refractivity contribution in [1.82, 2.24) is 0 Å². The average Bonchev–Trinajstić information content (AvgIpc) is 2.03. The van der Waals surface area contributed by atoms with Crippen LogP contribution < -0.4 is 8.27 Å². The molecule has 0 saturated carbocycles. The number of benzene rings is 1. The van der Waals surface area contributed by atoms with Crippen molar-refractivity contribution >= 4 is 51.1 Å². The summed E-state index contributed by atoms with van der Waals surface area (Å²) in [5.41, 5.74) is 2.37. The molecule has 0 aromatic heterocycles. The highest BCUT2D eigenvalue weighted by Crippen LogP contribution is 2.28. The van der Waals surface area contributed by atoms with Gasteiger partial charge in [-0.05, 0) is 47.2 Å². The minimum absolute atomic E-state index is 0.910. The second-order valence-electron chi connectivity index (χ2n) is 2.40. The molecule has 0 unspecified atom stereocenters. The lowest BCUT2D eigenvalue weighted by Gasteiger charge is -2.08. The van der Waals surface area contributed by atoms with Crippen molar-refractivity contribution in [2.75, 3.05) is 10.6 Å². The van der Waals surface area contributed by atoms with Gasteiger partial charge in [0.2, 0.25) is 0 Å². The topological polar surface area (TPSA) is 21.3 Å². The zero-order chi connectivity index (χ0) is 9.14. The first-order valence-corrected chi connectivity index (χ1v) is 5.55. The van der Waals surface area contributed by atoms with E-state index in [1.54, 1.807) is 7.11 Å². The number of aryl methyl sites for hydroxylation is 1. The Hall–Kier alpha value is 0.280. The zero-order valence-electron chi connectivity index (χ0n) is 6.82. The van der Waals surface area contributed by atoms with Gasteiger partial charge in [0.15, 0.2) is 0 Å². The molecule has 0 bridgehead atoms. The highest BCUT2D eigenvalue weighted by atomic mass is 127. The molecule has 1 aromatic carbocycles. The number of methoxy groups -OCH3 is 1. The first kappa shape index (κ1) is 10.4. The largest absolute Gasteiger partial charge is 0.497 e. The third-order valence-corrected chi connectivity index (χ3v) is 2.98. The van der Waals surface area contributed by atoms with E-state index in [2.05, 4.69) is 55.9 Å². The average molecular weight is 389 g/mol. The fraction of sp³-hybridized carbons (Fsp3) is 0.250. The van der Waals surface area contributed by atoms with E-state index in [0.717, 1.165) is 11.4 Å². The van der Waals surface area contributed by atoms with Crippen molar-refractivity contribution in [3.8, 4) is 5.75 Å². The standard InChI is InChI=1S/C8H9I2NO/c1-5-3-6(12-2)4-7(9)8(5)11-10/h3-4,11H,1-2H3. The summed E-state index contributed by atoms with van der Waals surface area (Å²) in [6, 6.07) is 4.03. The SMILES string of the molecule is COc1cc(C)c(NI)c(I)c1. The lowest BCUT2D eigenvalue weighted by Crippen LogP contribution is -1.91. The summed E-state index contributed by atoms with van der Waals surface area (Å²) < 4.78 is 9.44. The number of halogens is 2. The van der Waals surface area contributed by atoms with E-state index in [0.29, 0.717) is 0 Å². The van der Waals surface area contributed by atoms with Crippen LogP contribution in [-0.2, 0) is 0 Å². The molecule has 0 amide bonds. The van der Waals surface area contributed by atoms with Crippen LogP contribution in [0, 0.1) is 10.5 Å². The van der Waals surface area contributed by atoms with Gasteiger partial charge in [-0.3, -0.25) is 0 Å². The van der Waals surface area contributed by atoms with Gasteiger partial charge in [-0.15, -0.1) is 0 Å². The monoisotopic (exact) mass is 389 g/mol. The molecule has 0 aliphatic heterocycles. The predicted octanol–water partition coefficient (Wildman–Crippen LogP) is 3.37. The Bertz CT molecular complexity index is 265. The first-order chi connectivity index (χ1) is 5.69. The predicted molar refractivity (Wildman–Crippen MR) is 68.1 cm³/mol. The van der Waals surface area contributed by atoms with Gasteiger partial charge in [0.25, 0.3) is 0 Å². The number of ether oxygens (including phenoxy) is 1. The summed E-state index contributed by atoms with van der Waals surface area (Å²) in [5.74, 6) is 0.910. The highest BCUT2D eigenvalue weighted by Gasteiger charge is 2.04. The van der Waals surface area contributed by atoms with Gasteiger partial charge in [0.05, 0.1) is 35.7 Å². The summed E-state index contributed by atoms with van der Waals surface area (Å²) >= 11 is 4.42. The van der Waals surface area contributed by atoms with E-state index < -0.39 is 0 Å².